The molecule has 0 saturated carbocycles. The first-order valence-electron chi connectivity index (χ1n) is 3.57. The maximum Gasteiger partial charge on any atom is 0.267 e. The molecule has 0 bridgehead atoms. The summed E-state index contributed by atoms with van der Waals surface area (Å²) in [5.41, 5.74) is -0.858. The molecule has 0 radical (unpaired) electrons. The lowest BCUT2D eigenvalue weighted by Crippen LogP contribution is -2.00. The minimum Gasteiger partial charge on any atom is -0.494 e. The topological polar surface area (TPSA) is 39.2 Å². The van der Waals surface area contributed by atoms with Crippen LogP contribution in [0.5, 0.6) is 5.75 Å². The van der Waals surface area contributed by atoms with Gasteiger partial charge in [-0.15, -0.1) is 0 Å². The molecule has 0 amide bonds. The first-order valence-corrected chi connectivity index (χ1v) is 3.95. The average molecular weight is 222 g/mol. The van der Waals surface area contributed by atoms with Crippen LogP contribution in [-0.4, -0.2) is 18.4 Å². The molecule has 3 nitrogen and oxygen atoms in total. The van der Waals surface area contributed by atoms with Crippen LogP contribution in [0.4, 0.5) is 8.78 Å². The fourth-order valence-electron chi connectivity index (χ4n) is 0.990. The van der Waals surface area contributed by atoms with E-state index in [-0.39, 0.29) is 22.8 Å². The highest BCUT2D eigenvalue weighted by molar-refractivity contribution is 6.30. The van der Waals surface area contributed by atoms with Gasteiger partial charge in [0.05, 0.1) is 24.4 Å². The highest BCUT2D eigenvalue weighted by atomic mass is 35.5. The number of aromatic nitrogens is 1. The van der Waals surface area contributed by atoms with Crippen LogP contribution >= 0.6 is 11.6 Å². The van der Waals surface area contributed by atoms with Gasteiger partial charge in [0.15, 0.2) is 6.29 Å². The number of methoxy groups -OCH3 is 1. The van der Waals surface area contributed by atoms with Gasteiger partial charge in [-0.25, -0.2) is 13.8 Å². The number of nitrogens with zero attached hydrogens (tertiary/aromatic N) is 1. The second-order valence-electron chi connectivity index (χ2n) is 2.36. The van der Waals surface area contributed by atoms with Crippen LogP contribution in [0, 0.1) is 0 Å². The van der Waals surface area contributed by atoms with Gasteiger partial charge in [0, 0.05) is 0 Å². The Bertz CT molecular complexity index is 357. The van der Waals surface area contributed by atoms with Crippen molar-refractivity contribution < 1.29 is 18.3 Å². The molecule has 0 atom stereocenters. The number of alkyl halides is 2. The summed E-state index contributed by atoms with van der Waals surface area (Å²) < 4.78 is 29.6. The van der Waals surface area contributed by atoms with Gasteiger partial charge in [0.25, 0.3) is 6.43 Å². The molecule has 0 N–H and O–H groups in total. The number of rotatable bonds is 3. The number of aldehydes is 1. The van der Waals surface area contributed by atoms with Gasteiger partial charge in [-0.05, 0) is 0 Å². The van der Waals surface area contributed by atoms with Crippen molar-refractivity contribution in [3.8, 4) is 5.75 Å². The van der Waals surface area contributed by atoms with Gasteiger partial charge in [0.2, 0.25) is 0 Å². The van der Waals surface area contributed by atoms with E-state index >= 15 is 0 Å². The zero-order chi connectivity index (χ0) is 10.7. The van der Waals surface area contributed by atoms with Crippen LogP contribution in [0.1, 0.15) is 22.3 Å². The molecule has 0 spiro atoms. The number of carbonyl (C=O) groups is 1. The van der Waals surface area contributed by atoms with E-state index in [2.05, 4.69) is 4.98 Å². The van der Waals surface area contributed by atoms with Gasteiger partial charge < -0.3 is 4.74 Å². The van der Waals surface area contributed by atoms with Crippen LogP contribution in [-0.2, 0) is 0 Å². The van der Waals surface area contributed by atoms with Crippen LogP contribution in [0.3, 0.4) is 0 Å². The minimum atomic E-state index is -2.86. The maximum atomic E-state index is 12.5. The summed E-state index contributed by atoms with van der Waals surface area (Å²) >= 11 is 5.43. The summed E-state index contributed by atoms with van der Waals surface area (Å²) in [6.45, 7) is 0. The third kappa shape index (κ3) is 1.82. The zero-order valence-electron chi connectivity index (χ0n) is 7.13. The first kappa shape index (κ1) is 10.8. The van der Waals surface area contributed by atoms with Crippen LogP contribution in [0.2, 0.25) is 5.15 Å². The van der Waals surface area contributed by atoms with Crippen LogP contribution in [0.15, 0.2) is 6.20 Å². The fraction of sp³-hybridized carbons (Fsp3) is 0.250. The molecule has 1 heterocycles. The molecule has 76 valence electrons. The summed E-state index contributed by atoms with van der Waals surface area (Å²) in [5.74, 6) is -0.0142. The van der Waals surface area contributed by atoms with Gasteiger partial charge in [-0.2, -0.15) is 0 Å². The van der Waals surface area contributed by atoms with Crippen molar-refractivity contribution in [2.24, 2.45) is 0 Å². The van der Waals surface area contributed by atoms with Crippen molar-refractivity contribution in [1.29, 1.82) is 0 Å². The lowest BCUT2D eigenvalue weighted by atomic mass is 10.1. The lowest BCUT2D eigenvalue weighted by molar-refractivity contribution is 0.110. The maximum absolute atomic E-state index is 12.5. The van der Waals surface area contributed by atoms with Crippen LogP contribution in [0.25, 0.3) is 0 Å². The van der Waals surface area contributed by atoms with Gasteiger partial charge >= 0.3 is 0 Å². The highest BCUT2D eigenvalue weighted by Gasteiger charge is 2.21. The Morgan fingerprint density at radius 3 is 2.71 bits per heavy atom. The molecule has 6 heteroatoms. The zero-order valence-corrected chi connectivity index (χ0v) is 7.89. The Balaban J connectivity index is 3.42. The average Bonchev–Trinajstić information content (AvgIpc) is 2.16. The van der Waals surface area contributed by atoms with Gasteiger partial charge in [0.1, 0.15) is 10.9 Å². The van der Waals surface area contributed by atoms with E-state index in [1.54, 1.807) is 0 Å². The number of carbonyl (C=O) groups excluding carboxylic acids is 1. The number of hydrogen-bond acceptors (Lipinski definition) is 3. The minimum absolute atomic E-state index is 0.0142. The molecule has 0 aliphatic heterocycles. The summed E-state index contributed by atoms with van der Waals surface area (Å²) in [4.78, 5) is 14.0. The quantitative estimate of drug-likeness (QED) is 0.582. The van der Waals surface area contributed by atoms with Crippen molar-refractivity contribution in [2.45, 2.75) is 6.43 Å². The molecular weight excluding hydrogens is 216 g/mol. The Labute approximate surface area is 83.7 Å². The SMILES string of the molecule is COc1cnc(Cl)c(C(F)F)c1C=O. The highest BCUT2D eigenvalue weighted by Crippen LogP contribution is 2.32. The Morgan fingerprint density at radius 2 is 2.29 bits per heavy atom. The van der Waals surface area contributed by atoms with Crippen molar-refractivity contribution in [1.82, 2.24) is 4.98 Å². The first-order chi connectivity index (χ1) is 6.61. The molecule has 0 aliphatic carbocycles. The van der Waals surface area contributed by atoms with E-state index < -0.39 is 12.0 Å². The monoisotopic (exact) mass is 221 g/mol. The standard InChI is InChI=1S/C8H6ClF2NO2/c1-14-5-2-12-7(9)6(8(10)11)4(5)3-13/h2-3,8H,1H3. The van der Waals surface area contributed by atoms with E-state index in [0.29, 0.717) is 0 Å². The summed E-state index contributed by atoms with van der Waals surface area (Å²) in [7, 11) is 1.26. The molecule has 1 aromatic rings. The van der Waals surface area contributed by atoms with E-state index in [1.807, 2.05) is 0 Å². The Morgan fingerprint density at radius 1 is 1.64 bits per heavy atom. The number of hydrogen-bond donors (Lipinski definition) is 0. The predicted octanol–water partition coefficient (Wildman–Crippen LogP) is 2.49. The van der Waals surface area contributed by atoms with E-state index in [4.69, 9.17) is 16.3 Å². The molecule has 0 aromatic carbocycles. The predicted molar refractivity (Wildman–Crippen MR) is 46.1 cm³/mol. The summed E-state index contributed by atoms with van der Waals surface area (Å²) in [6.07, 6.45) is -1.46. The third-order valence-corrected chi connectivity index (χ3v) is 1.93. The second-order valence-corrected chi connectivity index (χ2v) is 2.72. The van der Waals surface area contributed by atoms with Crippen molar-refractivity contribution >= 4 is 17.9 Å². The number of ether oxygens (including phenoxy) is 1. The lowest BCUT2D eigenvalue weighted by Gasteiger charge is -2.09. The van der Waals surface area contributed by atoms with E-state index in [0.717, 1.165) is 6.20 Å². The largest absolute Gasteiger partial charge is 0.494 e. The third-order valence-electron chi connectivity index (χ3n) is 1.63. The summed E-state index contributed by atoms with van der Waals surface area (Å²) in [6, 6.07) is 0. The molecule has 0 aliphatic rings. The molecule has 0 fully saturated rings. The fourth-order valence-corrected chi connectivity index (χ4v) is 1.22. The molecule has 14 heavy (non-hydrogen) atoms. The molecule has 1 rings (SSSR count). The van der Waals surface area contributed by atoms with E-state index in [9.17, 15) is 13.6 Å². The number of halogens is 3. The molecule has 0 unspecified atom stereocenters. The van der Waals surface area contributed by atoms with Gasteiger partial charge in [-0.1, -0.05) is 11.6 Å². The normalized spacial score (nSPS) is 10.4. The Hall–Kier alpha value is -1.23. The molecule has 1 aromatic heterocycles. The smallest absolute Gasteiger partial charge is 0.267 e. The molecule has 0 saturated heterocycles. The van der Waals surface area contributed by atoms with Crippen molar-refractivity contribution in [3.05, 3.63) is 22.5 Å². The summed E-state index contributed by atoms with van der Waals surface area (Å²) in [5, 5.41) is -0.386. The second kappa shape index (κ2) is 4.32. The van der Waals surface area contributed by atoms with Crippen molar-refractivity contribution in [2.75, 3.05) is 7.11 Å². The van der Waals surface area contributed by atoms with Gasteiger partial charge in [-0.3, -0.25) is 4.79 Å². The Kier molecular flexibility index (Phi) is 3.35. The van der Waals surface area contributed by atoms with E-state index in [1.165, 1.54) is 7.11 Å². The molecular formula is C8H6ClF2NO2. The number of pyridine rings is 1. The van der Waals surface area contributed by atoms with Crippen LogP contribution < -0.4 is 4.74 Å². The van der Waals surface area contributed by atoms with Crippen molar-refractivity contribution in [3.63, 3.8) is 0 Å².